The molecule has 0 aromatic carbocycles. The average molecular weight is 362 g/mol. The highest BCUT2D eigenvalue weighted by molar-refractivity contribution is 5.72. The van der Waals surface area contributed by atoms with Gasteiger partial charge >= 0.3 is 5.97 Å². The molecule has 0 amide bonds. The molecule has 0 saturated carbocycles. The predicted molar refractivity (Wildman–Crippen MR) is 114 cm³/mol. The lowest BCUT2D eigenvalue weighted by molar-refractivity contribution is -0.138. The molecule has 0 fully saturated rings. The van der Waals surface area contributed by atoms with Crippen molar-refractivity contribution in [2.45, 2.75) is 84.1 Å². The van der Waals surface area contributed by atoms with Crippen molar-refractivity contribution < 1.29 is 9.90 Å². The smallest absolute Gasteiger partial charge is 0.320 e. The minimum atomic E-state index is -0.787. The second-order valence-electron chi connectivity index (χ2n) is 6.60. The summed E-state index contributed by atoms with van der Waals surface area (Å²) in [6.45, 7) is 4.68. The molecule has 3 nitrogen and oxygen atoms in total. The van der Waals surface area contributed by atoms with Crippen molar-refractivity contribution >= 4 is 5.97 Å². The molecule has 3 heteroatoms. The van der Waals surface area contributed by atoms with Crippen LogP contribution >= 0.6 is 0 Å². The van der Waals surface area contributed by atoms with E-state index in [2.05, 4.69) is 60.8 Å². The summed E-state index contributed by atoms with van der Waals surface area (Å²) < 4.78 is 0. The van der Waals surface area contributed by atoms with Crippen molar-refractivity contribution in [1.82, 2.24) is 5.32 Å². The summed E-state index contributed by atoms with van der Waals surface area (Å²) in [7, 11) is 0. The van der Waals surface area contributed by atoms with Gasteiger partial charge in [0.2, 0.25) is 0 Å². The number of hydrogen-bond donors (Lipinski definition) is 2. The first-order chi connectivity index (χ1) is 12.7. The van der Waals surface area contributed by atoms with Crippen molar-refractivity contribution in [1.29, 1.82) is 0 Å². The fourth-order valence-electron chi connectivity index (χ4n) is 2.35. The zero-order valence-corrected chi connectivity index (χ0v) is 16.8. The van der Waals surface area contributed by atoms with Crippen molar-refractivity contribution in [3.63, 3.8) is 0 Å². The monoisotopic (exact) mass is 361 g/mol. The summed E-state index contributed by atoms with van der Waals surface area (Å²) in [4.78, 5) is 10.6. The van der Waals surface area contributed by atoms with Gasteiger partial charge in [0.05, 0.1) is 0 Å². The molecule has 0 aliphatic rings. The number of hydrogen-bond acceptors (Lipinski definition) is 2. The lowest BCUT2D eigenvalue weighted by Crippen LogP contribution is -2.34. The van der Waals surface area contributed by atoms with Gasteiger partial charge in [-0.3, -0.25) is 4.79 Å². The van der Waals surface area contributed by atoms with Gasteiger partial charge in [-0.05, 0) is 64.8 Å². The van der Waals surface area contributed by atoms with Gasteiger partial charge in [0.15, 0.2) is 0 Å². The van der Waals surface area contributed by atoms with Gasteiger partial charge in [-0.25, -0.2) is 0 Å². The van der Waals surface area contributed by atoms with Gasteiger partial charge < -0.3 is 10.4 Å². The predicted octanol–water partition coefficient (Wildman–Crippen LogP) is 6.19. The summed E-state index contributed by atoms with van der Waals surface area (Å²) in [6, 6.07) is -0.452. The molecule has 0 spiro atoms. The Morgan fingerprint density at radius 1 is 0.808 bits per heavy atom. The quantitative estimate of drug-likeness (QED) is 0.240. The topological polar surface area (TPSA) is 49.3 Å². The Hall–Kier alpha value is -1.61. The Morgan fingerprint density at radius 3 is 1.73 bits per heavy atom. The number of carboxylic acid groups (broad SMARTS) is 1. The molecule has 0 saturated heterocycles. The summed E-state index contributed by atoms with van der Waals surface area (Å²) in [6.07, 6.45) is 29.2. The van der Waals surface area contributed by atoms with Crippen LogP contribution in [0.25, 0.3) is 0 Å². The van der Waals surface area contributed by atoms with Crippen LogP contribution in [0.2, 0.25) is 0 Å². The number of allylic oxidation sites excluding steroid dienone is 8. The van der Waals surface area contributed by atoms with Crippen LogP contribution in [-0.4, -0.2) is 23.7 Å². The van der Waals surface area contributed by atoms with E-state index in [1.807, 2.05) is 0 Å². The number of aliphatic carboxylic acids is 1. The van der Waals surface area contributed by atoms with Crippen molar-refractivity contribution in [2.24, 2.45) is 0 Å². The lowest BCUT2D eigenvalue weighted by Gasteiger charge is -2.07. The highest BCUT2D eigenvalue weighted by Gasteiger charge is 2.07. The van der Waals surface area contributed by atoms with E-state index >= 15 is 0 Å². The molecule has 0 rings (SSSR count). The third kappa shape index (κ3) is 18.7. The zero-order valence-electron chi connectivity index (χ0n) is 16.8. The van der Waals surface area contributed by atoms with Gasteiger partial charge in [0.25, 0.3) is 0 Å². The van der Waals surface area contributed by atoms with Crippen LogP contribution in [-0.2, 0) is 4.79 Å². The van der Waals surface area contributed by atoms with E-state index in [1.165, 1.54) is 25.7 Å². The van der Waals surface area contributed by atoms with Gasteiger partial charge in [0.1, 0.15) is 6.04 Å². The first kappa shape index (κ1) is 24.4. The van der Waals surface area contributed by atoms with Gasteiger partial charge in [-0.1, -0.05) is 68.4 Å². The Morgan fingerprint density at radius 2 is 1.27 bits per heavy atom. The molecular weight excluding hydrogens is 322 g/mol. The van der Waals surface area contributed by atoms with Crippen LogP contribution in [0.5, 0.6) is 0 Å². The van der Waals surface area contributed by atoms with Crippen LogP contribution in [0.1, 0.15) is 78.1 Å². The minimum Gasteiger partial charge on any atom is -0.480 e. The third-order valence-electron chi connectivity index (χ3n) is 4.08. The van der Waals surface area contributed by atoms with Gasteiger partial charge in [0, 0.05) is 0 Å². The molecule has 148 valence electrons. The number of nitrogens with one attached hydrogen (secondary N) is 1. The normalized spacial score (nSPS) is 13.6. The van der Waals surface area contributed by atoms with Gasteiger partial charge in [-0.15, -0.1) is 0 Å². The highest BCUT2D eigenvalue weighted by atomic mass is 16.4. The Bertz CT molecular complexity index is 435. The summed E-state index contributed by atoms with van der Waals surface area (Å²) in [5.41, 5.74) is 0. The molecule has 26 heavy (non-hydrogen) atoms. The van der Waals surface area contributed by atoms with Crippen molar-refractivity contribution in [3.8, 4) is 0 Å². The lowest BCUT2D eigenvalue weighted by atomic mass is 10.2. The fourth-order valence-corrected chi connectivity index (χ4v) is 2.35. The molecule has 1 atom stereocenters. The van der Waals surface area contributed by atoms with E-state index in [4.69, 9.17) is 5.11 Å². The highest BCUT2D eigenvalue weighted by Crippen LogP contribution is 2.01. The van der Waals surface area contributed by atoms with E-state index in [9.17, 15) is 4.79 Å². The minimum absolute atomic E-state index is 0.452. The summed E-state index contributed by atoms with van der Waals surface area (Å²) >= 11 is 0. The van der Waals surface area contributed by atoms with Crippen LogP contribution < -0.4 is 5.32 Å². The molecule has 0 aliphatic carbocycles. The molecule has 2 N–H and O–H groups in total. The number of carbonyl (C=O) groups is 1. The number of unbranched alkanes of at least 4 members (excludes halogenated alkanes) is 5. The molecule has 0 heterocycles. The molecule has 1 unspecified atom stereocenters. The molecule has 0 radical (unpaired) electrons. The van der Waals surface area contributed by atoms with E-state index < -0.39 is 12.0 Å². The molecule has 0 aromatic heterocycles. The molecular formula is C23H39NO2. The van der Waals surface area contributed by atoms with E-state index in [0.29, 0.717) is 0 Å². The van der Waals surface area contributed by atoms with Crippen LogP contribution in [0.15, 0.2) is 48.6 Å². The van der Waals surface area contributed by atoms with Gasteiger partial charge in [-0.2, -0.15) is 0 Å². The average Bonchev–Trinajstić information content (AvgIpc) is 2.63. The maximum atomic E-state index is 10.6. The number of carboxylic acids is 1. The Balaban J connectivity index is 3.42. The Labute approximate surface area is 161 Å². The molecule has 0 aliphatic heterocycles. The third-order valence-corrected chi connectivity index (χ3v) is 4.08. The second kappa shape index (κ2) is 19.7. The SMILES string of the molecule is CCCCCC=CCC=CCC=CCC=CCCCCNC(C)C(=O)O. The van der Waals surface area contributed by atoms with E-state index in [0.717, 1.165) is 45.1 Å². The maximum Gasteiger partial charge on any atom is 0.320 e. The first-order valence-electron chi connectivity index (χ1n) is 10.2. The molecule has 0 aromatic rings. The zero-order chi connectivity index (χ0) is 19.3. The van der Waals surface area contributed by atoms with E-state index in [1.54, 1.807) is 6.92 Å². The standard InChI is InChI=1S/C23H39NO2/c1-3-4-5-6-7-8-9-10-11-12-13-14-15-16-17-18-19-20-21-24-22(2)23(25)26/h7-8,10-11,13-14,16-17,22,24H,3-6,9,12,15,18-21H2,1-2H3,(H,25,26). The van der Waals surface area contributed by atoms with E-state index in [-0.39, 0.29) is 0 Å². The second-order valence-corrected chi connectivity index (χ2v) is 6.60. The van der Waals surface area contributed by atoms with Crippen LogP contribution in [0.3, 0.4) is 0 Å². The maximum absolute atomic E-state index is 10.6. The van der Waals surface area contributed by atoms with Crippen molar-refractivity contribution in [3.05, 3.63) is 48.6 Å². The van der Waals surface area contributed by atoms with Crippen LogP contribution in [0, 0.1) is 0 Å². The first-order valence-corrected chi connectivity index (χ1v) is 10.2. The largest absolute Gasteiger partial charge is 0.480 e. The molecule has 0 bridgehead atoms. The fraction of sp³-hybridized carbons (Fsp3) is 0.609. The summed E-state index contributed by atoms with van der Waals surface area (Å²) in [5, 5.41) is 11.7. The number of rotatable bonds is 17. The van der Waals surface area contributed by atoms with Crippen LogP contribution in [0.4, 0.5) is 0 Å². The Kier molecular flexibility index (Phi) is 18.5. The summed E-state index contributed by atoms with van der Waals surface area (Å²) in [5.74, 6) is -0.787. The van der Waals surface area contributed by atoms with Crippen molar-refractivity contribution in [2.75, 3.05) is 6.54 Å².